The van der Waals surface area contributed by atoms with E-state index in [9.17, 15) is 0 Å². The van der Waals surface area contributed by atoms with Crippen LogP contribution in [0.15, 0.2) is 54.7 Å². The Kier molecular flexibility index (Phi) is 5.74. The van der Waals surface area contributed by atoms with Gasteiger partial charge in [0.15, 0.2) is 5.82 Å². The maximum Gasteiger partial charge on any atom is 0.249 e. The molecule has 0 radical (unpaired) electrons. The number of hydrogen-bond donors (Lipinski definition) is 2. The van der Waals surface area contributed by atoms with E-state index in [4.69, 9.17) is 0 Å². The fraction of sp³-hybridized carbons (Fsp3) is 0.318. The van der Waals surface area contributed by atoms with Crippen molar-refractivity contribution in [2.45, 2.75) is 19.3 Å². The van der Waals surface area contributed by atoms with Gasteiger partial charge in [-0.25, -0.2) is 0 Å². The highest BCUT2D eigenvalue weighted by Crippen LogP contribution is 2.24. The third-order valence-corrected chi connectivity index (χ3v) is 5.06. The lowest BCUT2D eigenvalue weighted by Crippen LogP contribution is -2.29. The molecule has 2 N–H and O–H groups in total. The molecule has 0 atom stereocenters. The number of benzene rings is 2. The van der Waals surface area contributed by atoms with Gasteiger partial charge in [0.05, 0.1) is 6.20 Å². The lowest BCUT2D eigenvalue weighted by molar-refractivity contribution is 0.578. The van der Waals surface area contributed by atoms with Crippen LogP contribution in [-0.2, 0) is 0 Å². The third-order valence-electron chi connectivity index (χ3n) is 5.06. The molecule has 4 rings (SSSR count). The van der Waals surface area contributed by atoms with Gasteiger partial charge in [-0.2, -0.15) is 10.1 Å². The first-order valence-electron chi connectivity index (χ1n) is 10.0. The summed E-state index contributed by atoms with van der Waals surface area (Å²) < 4.78 is 0. The number of nitrogens with zero attached hydrogens (tertiary/aromatic N) is 5. The SMILES string of the molecule is CN(C)c1ccc(Nc2nncc(Nc3ccc(N4CCCCC4)cc3)n2)cc1. The number of anilines is 6. The van der Waals surface area contributed by atoms with Crippen molar-refractivity contribution in [3.8, 4) is 0 Å². The van der Waals surface area contributed by atoms with Crippen molar-refractivity contribution in [1.29, 1.82) is 0 Å². The summed E-state index contributed by atoms with van der Waals surface area (Å²) in [5, 5.41) is 14.6. The molecule has 0 saturated carbocycles. The van der Waals surface area contributed by atoms with E-state index in [1.54, 1.807) is 6.20 Å². The molecular formula is C22H27N7. The van der Waals surface area contributed by atoms with Gasteiger partial charge in [-0.1, -0.05) is 0 Å². The van der Waals surface area contributed by atoms with Crippen LogP contribution >= 0.6 is 0 Å². The molecule has 1 aromatic heterocycles. The van der Waals surface area contributed by atoms with Crippen LogP contribution in [-0.4, -0.2) is 42.4 Å². The van der Waals surface area contributed by atoms with E-state index >= 15 is 0 Å². The Labute approximate surface area is 171 Å². The summed E-state index contributed by atoms with van der Waals surface area (Å²) in [6.07, 6.45) is 5.52. The Morgan fingerprint density at radius 2 is 1.48 bits per heavy atom. The highest BCUT2D eigenvalue weighted by atomic mass is 15.3. The van der Waals surface area contributed by atoms with E-state index in [0.29, 0.717) is 11.8 Å². The van der Waals surface area contributed by atoms with Crippen LogP contribution in [0.5, 0.6) is 0 Å². The second kappa shape index (κ2) is 8.77. The van der Waals surface area contributed by atoms with Crippen molar-refractivity contribution in [2.24, 2.45) is 0 Å². The first-order chi connectivity index (χ1) is 14.2. The highest BCUT2D eigenvalue weighted by Gasteiger charge is 2.10. The van der Waals surface area contributed by atoms with Crippen molar-refractivity contribution in [3.63, 3.8) is 0 Å². The summed E-state index contributed by atoms with van der Waals surface area (Å²) in [6, 6.07) is 16.6. The molecule has 0 amide bonds. The van der Waals surface area contributed by atoms with E-state index in [2.05, 4.69) is 59.9 Å². The molecule has 0 bridgehead atoms. The molecule has 1 saturated heterocycles. The molecule has 1 fully saturated rings. The smallest absolute Gasteiger partial charge is 0.249 e. The fourth-order valence-corrected chi connectivity index (χ4v) is 3.44. The third kappa shape index (κ3) is 4.93. The summed E-state index contributed by atoms with van der Waals surface area (Å²) >= 11 is 0. The van der Waals surface area contributed by atoms with E-state index in [1.807, 2.05) is 38.4 Å². The van der Waals surface area contributed by atoms with Gasteiger partial charge in [-0.15, -0.1) is 5.10 Å². The molecular weight excluding hydrogens is 362 g/mol. The molecule has 3 aromatic rings. The largest absolute Gasteiger partial charge is 0.378 e. The van der Waals surface area contributed by atoms with Crippen LogP contribution in [0.3, 0.4) is 0 Å². The van der Waals surface area contributed by atoms with Gasteiger partial charge in [-0.05, 0) is 67.8 Å². The number of piperidine rings is 1. The lowest BCUT2D eigenvalue weighted by Gasteiger charge is -2.28. The van der Waals surface area contributed by atoms with Gasteiger partial charge >= 0.3 is 0 Å². The normalized spacial score (nSPS) is 13.8. The molecule has 7 nitrogen and oxygen atoms in total. The van der Waals surface area contributed by atoms with Crippen LogP contribution in [0.2, 0.25) is 0 Å². The van der Waals surface area contributed by atoms with Crippen molar-refractivity contribution in [3.05, 3.63) is 54.7 Å². The highest BCUT2D eigenvalue weighted by molar-refractivity contribution is 5.63. The van der Waals surface area contributed by atoms with Gasteiger partial charge in [0.25, 0.3) is 0 Å². The van der Waals surface area contributed by atoms with Crippen LogP contribution in [0.1, 0.15) is 19.3 Å². The second-order valence-corrected chi connectivity index (χ2v) is 7.45. The number of hydrogen-bond acceptors (Lipinski definition) is 7. The van der Waals surface area contributed by atoms with Gasteiger partial charge in [0, 0.05) is 49.9 Å². The zero-order valence-corrected chi connectivity index (χ0v) is 17.0. The summed E-state index contributed by atoms with van der Waals surface area (Å²) in [4.78, 5) is 9.02. The minimum absolute atomic E-state index is 0.456. The number of nitrogens with one attached hydrogen (secondary N) is 2. The Morgan fingerprint density at radius 1 is 0.828 bits per heavy atom. The lowest BCUT2D eigenvalue weighted by atomic mass is 10.1. The molecule has 7 heteroatoms. The van der Waals surface area contributed by atoms with Crippen LogP contribution < -0.4 is 20.4 Å². The maximum atomic E-state index is 4.52. The molecule has 2 heterocycles. The van der Waals surface area contributed by atoms with E-state index < -0.39 is 0 Å². The first kappa shape index (κ1) is 19.0. The summed E-state index contributed by atoms with van der Waals surface area (Å²) in [7, 11) is 4.04. The standard InChI is InChI=1S/C22H27N7/c1-28(2)19-10-6-18(7-11-19)25-22-26-21(16-23-27-22)24-17-8-12-20(13-9-17)29-14-4-3-5-15-29/h6-13,16H,3-5,14-15H2,1-2H3,(H2,24,25,26,27). The van der Waals surface area contributed by atoms with E-state index in [0.717, 1.165) is 30.2 Å². The van der Waals surface area contributed by atoms with Crippen molar-refractivity contribution in [1.82, 2.24) is 15.2 Å². The minimum Gasteiger partial charge on any atom is -0.378 e. The van der Waals surface area contributed by atoms with Crippen LogP contribution in [0.4, 0.5) is 34.5 Å². The maximum absolute atomic E-state index is 4.52. The number of aromatic nitrogens is 3. The molecule has 0 unspecified atom stereocenters. The summed E-state index contributed by atoms with van der Waals surface area (Å²) in [6.45, 7) is 2.29. The Morgan fingerprint density at radius 3 is 2.17 bits per heavy atom. The molecule has 29 heavy (non-hydrogen) atoms. The average molecular weight is 390 g/mol. The molecule has 2 aromatic carbocycles. The van der Waals surface area contributed by atoms with Gasteiger partial charge < -0.3 is 20.4 Å². The molecule has 1 aliphatic rings. The topological polar surface area (TPSA) is 69.2 Å². The first-order valence-corrected chi connectivity index (χ1v) is 10.0. The van der Waals surface area contributed by atoms with E-state index in [-0.39, 0.29) is 0 Å². The predicted molar refractivity (Wildman–Crippen MR) is 120 cm³/mol. The Balaban J connectivity index is 1.40. The molecule has 0 aliphatic carbocycles. The van der Waals surface area contributed by atoms with Gasteiger partial charge in [0.1, 0.15) is 0 Å². The monoisotopic (exact) mass is 389 g/mol. The van der Waals surface area contributed by atoms with E-state index in [1.165, 1.54) is 24.9 Å². The number of rotatable bonds is 6. The predicted octanol–water partition coefficient (Wildman–Crippen LogP) is 4.42. The Bertz CT molecular complexity index is 917. The average Bonchev–Trinajstić information content (AvgIpc) is 2.76. The Hall–Kier alpha value is -3.35. The second-order valence-electron chi connectivity index (χ2n) is 7.45. The van der Waals surface area contributed by atoms with Gasteiger partial charge in [0.2, 0.25) is 5.95 Å². The fourth-order valence-electron chi connectivity index (χ4n) is 3.44. The van der Waals surface area contributed by atoms with Crippen molar-refractivity contribution >= 4 is 34.5 Å². The summed E-state index contributed by atoms with van der Waals surface area (Å²) in [5.74, 6) is 1.11. The zero-order chi connectivity index (χ0) is 20.1. The van der Waals surface area contributed by atoms with Gasteiger partial charge in [-0.3, -0.25) is 0 Å². The zero-order valence-electron chi connectivity index (χ0n) is 17.0. The van der Waals surface area contributed by atoms with Crippen molar-refractivity contribution < 1.29 is 0 Å². The van der Waals surface area contributed by atoms with Crippen molar-refractivity contribution in [2.75, 3.05) is 47.6 Å². The van der Waals surface area contributed by atoms with Crippen LogP contribution in [0, 0.1) is 0 Å². The summed E-state index contributed by atoms with van der Waals surface area (Å²) in [5.41, 5.74) is 4.31. The quantitative estimate of drug-likeness (QED) is 0.647. The molecule has 150 valence electrons. The van der Waals surface area contributed by atoms with Crippen LogP contribution in [0.25, 0.3) is 0 Å². The molecule has 1 aliphatic heterocycles. The molecule has 0 spiro atoms. The minimum atomic E-state index is 0.456.